The highest BCUT2D eigenvalue weighted by atomic mass is 16.6. The van der Waals surface area contributed by atoms with Gasteiger partial charge in [-0.05, 0) is 84.1 Å². The number of carbonyl (C=O) groups excluding carboxylic acids is 1. The van der Waals surface area contributed by atoms with E-state index < -0.39 is 0 Å². The third-order valence-corrected chi connectivity index (χ3v) is 10.9. The molecule has 0 bridgehead atoms. The van der Waals surface area contributed by atoms with E-state index in [-0.39, 0.29) is 30.9 Å². The molecule has 3 atom stereocenters. The van der Waals surface area contributed by atoms with Crippen molar-refractivity contribution >= 4 is 5.97 Å². The Morgan fingerprint density at radius 3 is 1.55 bits per heavy atom. The third-order valence-electron chi connectivity index (χ3n) is 10.9. The molecule has 0 radical (unpaired) electrons. The van der Waals surface area contributed by atoms with E-state index in [4.69, 9.17) is 18.9 Å². The summed E-state index contributed by atoms with van der Waals surface area (Å²) in [5.74, 6) is -0.178. The third kappa shape index (κ3) is 28.3. The van der Waals surface area contributed by atoms with Crippen molar-refractivity contribution in [1.29, 1.82) is 0 Å². The molecule has 2 fully saturated rings. The fourth-order valence-corrected chi connectivity index (χ4v) is 7.19. The van der Waals surface area contributed by atoms with Gasteiger partial charge in [0.1, 0.15) is 24.9 Å². The molecule has 7 heteroatoms. The minimum atomic E-state index is -0.276. The zero-order valence-corrected chi connectivity index (χ0v) is 36.1. The first kappa shape index (κ1) is 49.4. The maximum Gasteiger partial charge on any atom is 0.320 e. The van der Waals surface area contributed by atoms with Crippen LogP contribution >= 0.6 is 0 Å². The van der Waals surface area contributed by atoms with Crippen LogP contribution in [0, 0.1) is 0 Å². The number of hydrogen-bond acceptors (Lipinski definition) is 7. The zero-order chi connectivity index (χ0) is 39.3. The van der Waals surface area contributed by atoms with Gasteiger partial charge in [-0.25, -0.2) is 0 Å². The second-order valence-corrected chi connectivity index (χ2v) is 16.0. The highest BCUT2D eigenvalue weighted by Gasteiger charge is 2.39. The number of allylic oxidation sites excluding steroid dienone is 8. The molecule has 0 aliphatic carbocycles. The number of unbranched alkanes of at least 4 members (excludes halogenated alkanes) is 18. The summed E-state index contributed by atoms with van der Waals surface area (Å²) in [5, 5.41) is 0. The van der Waals surface area contributed by atoms with Gasteiger partial charge in [-0.1, -0.05) is 140 Å². The molecule has 0 aromatic carbocycles. The summed E-state index contributed by atoms with van der Waals surface area (Å²) in [7, 11) is 2.12. The van der Waals surface area contributed by atoms with E-state index in [1.807, 2.05) is 0 Å². The Balaban J connectivity index is 1.59. The van der Waals surface area contributed by atoms with Crippen molar-refractivity contribution in [3.05, 3.63) is 48.6 Å². The van der Waals surface area contributed by atoms with Crippen molar-refractivity contribution in [2.45, 2.75) is 186 Å². The second-order valence-electron chi connectivity index (χ2n) is 16.0. The topological polar surface area (TPSA) is 60.5 Å². The molecular formula is C48H86N2O5. The number of rotatable bonds is 36. The molecule has 2 aliphatic heterocycles. The molecule has 7 nitrogen and oxygen atoms in total. The summed E-state index contributed by atoms with van der Waals surface area (Å²) in [6.45, 7) is 10.8. The fraction of sp³-hybridized carbons (Fsp3) is 0.812. The first-order chi connectivity index (χ1) is 27.1. The summed E-state index contributed by atoms with van der Waals surface area (Å²) in [6.07, 6.45) is 47.6. The van der Waals surface area contributed by atoms with Gasteiger partial charge in [0.25, 0.3) is 0 Å². The Labute approximate surface area is 339 Å². The highest BCUT2D eigenvalue weighted by molar-refractivity contribution is 5.71. The number of hydrogen-bond donors (Lipinski definition) is 0. The fourth-order valence-electron chi connectivity index (χ4n) is 7.19. The Morgan fingerprint density at radius 2 is 1.04 bits per heavy atom. The predicted octanol–water partition coefficient (Wildman–Crippen LogP) is 11.6. The maximum atomic E-state index is 12.7. The molecule has 0 saturated carbocycles. The lowest BCUT2D eigenvalue weighted by Crippen LogP contribution is -2.46. The quantitative estimate of drug-likeness (QED) is 0.0357. The molecule has 0 amide bonds. The standard InChI is InChI=1S/C48H86N2O5/c1-4-6-8-10-12-14-16-18-20-22-24-26-28-30-32-34-40-52-45-43-54-46(44-55-47(51)42-50-38-36-49(3)37-39-50)48(45)53-41-35-33-31-29-27-25-23-21-19-17-15-13-11-9-7-5-2/h12-15,18-21,45-46,48H,4-11,16-17,22-44H2,1-3H3/b14-12-,15-13-,20-18-,21-19-/t45-,46?,48+/m0/s1. The lowest BCUT2D eigenvalue weighted by molar-refractivity contribution is -0.151. The van der Waals surface area contributed by atoms with Crippen LogP contribution in [0.3, 0.4) is 0 Å². The van der Waals surface area contributed by atoms with Gasteiger partial charge < -0.3 is 23.8 Å². The first-order valence-electron chi connectivity index (χ1n) is 23.1. The SMILES string of the molecule is CCCCC/C=C\C/C=C\CCCCCCCCO[C@H]1COC(COC(=O)CN2CCN(C)CC2)[C@@H]1OCCCCCCCC/C=C\C/C=C\CCCCC. The van der Waals surface area contributed by atoms with Gasteiger partial charge in [-0.2, -0.15) is 0 Å². The highest BCUT2D eigenvalue weighted by Crippen LogP contribution is 2.23. The molecular weight excluding hydrogens is 685 g/mol. The van der Waals surface area contributed by atoms with Crippen LogP contribution in [0.1, 0.15) is 168 Å². The number of likely N-dealkylation sites (N-methyl/N-ethyl adjacent to an activating group) is 1. The van der Waals surface area contributed by atoms with E-state index in [2.05, 4.69) is 79.3 Å². The summed E-state index contributed by atoms with van der Waals surface area (Å²) >= 11 is 0. The number of ether oxygens (including phenoxy) is 4. The van der Waals surface area contributed by atoms with E-state index in [1.165, 1.54) is 128 Å². The first-order valence-corrected chi connectivity index (χ1v) is 23.1. The van der Waals surface area contributed by atoms with Gasteiger partial charge in [0, 0.05) is 39.4 Å². The number of nitrogens with zero attached hydrogens (tertiary/aromatic N) is 2. The van der Waals surface area contributed by atoms with Crippen molar-refractivity contribution in [3.63, 3.8) is 0 Å². The van der Waals surface area contributed by atoms with Crippen LogP contribution in [0.15, 0.2) is 48.6 Å². The lowest BCUT2D eigenvalue weighted by Gasteiger charge is -2.31. The average molecular weight is 771 g/mol. The molecule has 2 heterocycles. The van der Waals surface area contributed by atoms with Crippen molar-refractivity contribution in [1.82, 2.24) is 9.80 Å². The molecule has 2 saturated heterocycles. The van der Waals surface area contributed by atoms with Crippen molar-refractivity contribution < 1.29 is 23.7 Å². The molecule has 2 rings (SSSR count). The average Bonchev–Trinajstić information content (AvgIpc) is 3.58. The molecule has 1 unspecified atom stereocenters. The monoisotopic (exact) mass is 771 g/mol. The summed E-state index contributed by atoms with van der Waals surface area (Å²) in [6, 6.07) is 0. The molecule has 0 aromatic rings. The van der Waals surface area contributed by atoms with Gasteiger partial charge in [-0.3, -0.25) is 9.69 Å². The largest absolute Gasteiger partial charge is 0.462 e. The summed E-state index contributed by atoms with van der Waals surface area (Å²) < 4.78 is 24.7. The van der Waals surface area contributed by atoms with E-state index in [0.29, 0.717) is 19.8 Å². The smallest absolute Gasteiger partial charge is 0.320 e. The maximum absolute atomic E-state index is 12.7. The normalized spacial score (nSPS) is 20.0. The number of carbonyl (C=O) groups is 1. The molecule has 318 valence electrons. The molecule has 2 aliphatic rings. The molecule has 0 aromatic heterocycles. The molecule has 55 heavy (non-hydrogen) atoms. The van der Waals surface area contributed by atoms with Crippen LogP contribution < -0.4 is 0 Å². The van der Waals surface area contributed by atoms with Crippen molar-refractivity contribution in [2.24, 2.45) is 0 Å². The Bertz CT molecular complexity index is 989. The Kier molecular flexibility index (Phi) is 32.8. The Hall–Kier alpha value is -1.77. The van der Waals surface area contributed by atoms with Crippen LogP contribution in [0.5, 0.6) is 0 Å². The van der Waals surface area contributed by atoms with E-state index in [1.54, 1.807) is 0 Å². The van der Waals surface area contributed by atoms with Crippen molar-refractivity contribution in [3.8, 4) is 0 Å². The minimum absolute atomic E-state index is 0.107. The summed E-state index contributed by atoms with van der Waals surface area (Å²) in [4.78, 5) is 17.2. The van der Waals surface area contributed by atoms with Gasteiger partial charge in [-0.15, -0.1) is 0 Å². The summed E-state index contributed by atoms with van der Waals surface area (Å²) in [5.41, 5.74) is 0. The molecule has 0 spiro atoms. The number of piperazine rings is 1. The predicted molar refractivity (Wildman–Crippen MR) is 233 cm³/mol. The van der Waals surface area contributed by atoms with Crippen LogP contribution in [0.4, 0.5) is 0 Å². The van der Waals surface area contributed by atoms with Crippen LogP contribution in [-0.2, 0) is 23.7 Å². The van der Waals surface area contributed by atoms with Crippen molar-refractivity contribution in [2.75, 3.05) is 66.2 Å². The van der Waals surface area contributed by atoms with Gasteiger partial charge in [0.05, 0.1) is 13.2 Å². The van der Waals surface area contributed by atoms with Gasteiger partial charge >= 0.3 is 5.97 Å². The van der Waals surface area contributed by atoms with E-state index in [0.717, 1.165) is 58.5 Å². The number of esters is 1. The van der Waals surface area contributed by atoms with Crippen LogP contribution in [-0.4, -0.2) is 100 Å². The lowest BCUT2D eigenvalue weighted by atomic mass is 10.1. The zero-order valence-electron chi connectivity index (χ0n) is 36.1. The van der Waals surface area contributed by atoms with E-state index in [9.17, 15) is 4.79 Å². The van der Waals surface area contributed by atoms with E-state index >= 15 is 0 Å². The van der Waals surface area contributed by atoms with Gasteiger partial charge in [0.15, 0.2) is 0 Å². The van der Waals surface area contributed by atoms with Gasteiger partial charge in [0.2, 0.25) is 0 Å². The Morgan fingerprint density at radius 1 is 0.582 bits per heavy atom. The second kappa shape index (κ2) is 36.6. The van der Waals surface area contributed by atoms with Crippen LogP contribution in [0.25, 0.3) is 0 Å². The molecule has 0 N–H and O–H groups in total. The minimum Gasteiger partial charge on any atom is -0.462 e. The van der Waals surface area contributed by atoms with Crippen LogP contribution in [0.2, 0.25) is 0 Å².